The highest BCUT2D eigenvalue weighted by molar-refractivity contribution is 6.04. The maximum atomic E-state index is 15.7. The van der Waals surface area contributed by atoms with Crippen molar-refractivity contribution in [2.45, 2.75) is 37.8 Å². The molecule has 0 saturated heterocycles. The number of carbonyl (C=O) groups excluding carboxylic acids is 2. The average molecular weight is 761 g/mol. The Morgan fingerprint density at radius 3 is 1.49 bits per heavy atom. The van der Waals surface area contributed by atoms with Crippen molar-refractivity contribution >= 4 is 45.6 Å². The summed E-state index contributed by atoms with van der Waals surface area (Å²) in [5.74, 6) is -4.82. The van der Waals surface area contributed by atoms with Crippen molar-refractivity contribution in [3.05, 3.63) is 91.5 Å². The summed E-state index contributed by atoms with van der Waals surface area (Å²) in [6.07, 6.45) is 8.56. The van der Waals surface area contributed by atoms with E-state index in [-0.39, 0.29) is 70.7 Å². The number of nitrogens with one attached hydrogen (secondary N) is 2. The van der Waals surface area contributed by atoms with Gasteiger partial charge in [0.25, 0.3) is 0 Å². The zero-order valence-corrected chi connectivity index (χ0v) is 29.9. The Balaban J connectivity index is 1.12. The largest absolute Gasteiger partial charge is 0.385 e. The Labute approximate surface area is 311 Å². The lowest BCUT2D eigenvalue weighted by molar-refractivity contribution is 0.0395. The minimum Gasteiger partial charge on any atom is -0.385 e. The van der Waals surface area contributed by atoms with E-state index in [2.05, 4.69) is 20.9 Å². The molecule has 0 radical (unpaired) electrons. The highest BCUT2D eigenvalue weighted by Gasteiger charge is 2.34. The number of nitrogens with two attached hydrogens (primary N) is 2. The first-order valence-corrected chi connectivity index (χ1v) is 17.8. The van der Waals surface area contributed by atoms with Crippen LogP contribution >= 0.6 is 0 Å². The molecule has 2 aliphatic heterocycles. The molecule has 55 heavy (non-hydrogen) atoms. The van der Waals surface area contributed by atoms with Crippen molar-refractivity contribution in [1.29, 1.82) is 0 Å². The molecule has 0 aromatic carbocycles. The molecular formula is C36H38F2N10O7. The predicted octanol–water partition coefficient (Wildman–Crippen LogP) is 1.83. The lowest BCUT2D eigenvalue weighted by atomic mass is 10.1. The Morgan fingerprint density at radius 2 is 1.15 bits per heavy atom. The van der Waals surface area contributed by atoms with E-state index < -0.39 is 45.6 Å². The van der Waals surface area contributed by atoms with Gasteiger partial charge < -0.3 is 35.1 Å². The minimum absolute atomic E-state index is 0.0519. The van der Waals surface area contributed by atoms with Crippen LogP contribution in [0.25, 0.3) is 22.1 Å². The van der Waals surface area contributed by atoms with Crippen LogP contribution in [0.1, 0.15) is 58.5 Å². The number of nitrogens with zero attached hydrogens (tertiary/aromatic N) is 6. The third kappa shape index (κ3) is 6.47. The van der Waals surface area contributed by atoms with E-state index in [1.54, 1.807) is 31.3 Å². The normalized spacial score (nSPS) is 19.6. The summed E-state index contributed by atoms with van der Waals surface area (Å²) in [4.78, 5) is 76.8. The highest BCUT2D eigenvalue weighted by atomic mass is 19.1. The molecule has 2 saturated carbocycles. The average Bonchev–Trinajstić information content (AvgIpc) is 4.11. The molecule has 288 valence electrons. The fourth-order valence-electron chi connectivity index (χ4n) is 7.10. The third-order valence-corrected chi connectivity index (χ3v) is 10.2. The van der Waals surface area contributed by atoms with Gasteiger partial charge in [0.2, 0.25) is 10.9 Å². The van der Waals surface area contributed by atoms with E-state index >= 15 is 8.78 Å². The number of rotatable bonds is 12. The number of aromatic nitrogens is 4. The predicted molar refractivity (Wildman–Crippen MR) is 194 cm³/mol. The second kappa shape index (κ2) is 14.1. The third-order valence-electron chi connectivity index (χ3n) is 10.2. The van der Waals surface area contributed by atoms with Gasteiger partial charge in [0, 0.05) is 74.9 Å². The number of fused-ring (bicyclic) bond motifs is 2. The zero-order valence-electron chi connectivity index (χ0n) is 29.9. The Bertz CT molecular complexity index is 2270. The molecule has 2 atom stereocenters. The molecule has 0 amide bonds. The van der Waals surface area contributed by atoms with Gasteiger partial charge in [0.05, 0.1) is 36.4 Å². The fraction of sp³-hybridized carbons (Fsp3) is 0.389. The SMILES string of the molecule is CONC1=CN(c2nc3c(cc2F)c(=O)c(C(=O)OC(=O)c2cn(C4CC4)c4nc(N5C=C(NOC)C(CN)C5)c(F)cc4c2=O)cn3C2CC2)CC1CN. The standard InChI is InChI=1S/C36H38F2N10O7/c1-53-43-27-15-45(11-17(27)9-39)33-25(37)7-21-29(49)23(13-47(19-3-4-19)31(21)41-33)35(51)55-36(52)24-14-48(20-5-6-20)32-22(30(24)50)8-26(38)34(42-32)46-12-18(10-40)28(16-46)44-54-2/h7-8,13-20,43-44H,3-6,9-12,39-40H2,1-2H3. The molecule has 8 rings (SSSR count). The van der Waals surface area contributed by atoms with E-state index in [1.165, 1.54) is 26.6 Å². The molecule has 6 N–H and O–H groups in total. The maximum Gasteiger partial charge on any atom is 0.351 e. The van der Waals surface area contributed by atoms with Crippen LogP contribution < -0.4 is 43.1 Å². The molecule has 4 aromatic heterocycles. The topological polar surface area (TPSA) is 214 Å². The lowest BCUT2D eigenvalue weighted by Crippen LogP contribution is -2.29. The second-order valence-corrected chi connectivity index (χ2v) is 14.0. The lowest BCUT2D eigenvalue weighted by Gasteiger charge is -2.19. The van der Waals surface area contributed by atoms with E-state index in [0.29, 0.717) is 50.2 Å². The number of ether oxygens (including phenoxy) is 1. The van der Waals surface area contributed by atoms with Gasteiger partial charge in [-0.2, -0.15) is 0 Å². The number of hydrogen-bond donors (Lipinski definition) is 4. The van der Waals surface area contributed by atoms with Crippen LogP contribution in [0.5, 0.6) is 0 Å². The van der Waals surface area contributed by atoms with Crippen molar-refractivity contribution in [2.24, 2.45) is 23.3 Å². The smallest absolute Gasteiger partial charge is 0.351 e. The van der Waals surface area contributed by atoms with Crippen LogP contribution in [0.2, 0.25) is 0 Å². The van der Waals surface area contributed by atoms with Crippen LogP contribution in [0.15, 0.2) is 57.9 Å². The highest BCUT2D eigenvalue weighted by Crippen LogP contribution is 2.39. The molecule has 17 nitrogen and oxygen atoms in total. The Kier molecular flexibility index (Phi) is 9.32. The van der Waals surface area contributed by atoms with Gasteiger partial charge >= 0.3 is 11.9 Å². The van der Waals surface area contributed by atoms with Crippen molar-refractivity contribution in [2.75, 3.05) is 50.2 Å². The fourth-order valence-corrected chi connectivity index (χ4v) is 7.10. The van der Waals surface area contributed by atoms with E-state index in [4.69, 9.17) is 25.9 Å². The molecule has 0 spiro atoms. The summed E-state index contributed by atoms with van der Waals surface area (Å²) in [7, 11) is 2.89. The number of hydroxylamine groups is 2. The molecule has 4 aromatic rings. The van der Waals surface area contributed by atoms with Crippen molar-refractivity contribution in [3.8, 4) is 0 Å². The zero-order chi connectivity index (χ0) is 38.7. The Hall–Kier alpha value is -5.76. The molecule has 0 bridgehead atoms. The summed E-state index contributed by atoms with van der Waals surface area (Å²) in [5.41, 5.74) is 15.9. The van der Waals surface area contributed by atoms with Crippen LogP contribution in [0.4, 0.5) is 20.4 Å². The molecule has 19 heteroatoms. The van der Waals surface area contributed by atoms with Gasteiger partial charge in [-0.05, 0) is 37.8 Å². The molecule has 4 aliphatic rings. The van der Waals surface area contributed by atoms with Gasteiger partial charge in [0.15, 0.2) is 23.3 Å². The van der Waals surface area contributed by atoms with Crippen LogP contribution in [0.3, 0.4) is 0 Å². The second-order valence-electron chi connectivity index (χ2n) is 14.0. The minimum atomic E-state index is -1.34. The number of halogens is 2. The van der Waals surface area contributed by atoms with Crippen molar-refractivity contribution in [1.82, 2.24) is 30.1 Å². The first kappa shape index (κ1) is 36.2. The monoisotopic (exact) mass is 760 g/mol. The molecule has 2 unspecified atom stereocenters. The number of anilines is 2. The molecule has 6 heterocycles. The number of pyridine rings is 4. The van der Waals surface area contributed by atoms with Gasteiger partial charge in [-0.15, -0.1) is 0 Å². The summed E-state index contributed by atoms with van der Waals surface area (Å²) in [6, 6.07) is 1.71. The quantitative estimate of drug-likeness (QED) is 0.0921. The van der Waals surface area contributed by atoms with Crippen LogP contribution in [-0.2, 0) is 14.4 Å². The van der Waals surface area contributed by atoms with Crippen LogP contribution in [-0.4, -0.2) is 71.4 Å². The van der Waals surface area contributed by atoms with Crippen molar-refractivity contribution in [3.63, 3.8) is 0 Å². The van der Waals surface area contributed by atoms with Crippen LogP contribution in [0, 0.1) is 23.5 Å². The summed E-state index contributed by atoms with van der Waals surface area (Å²) in [6.45, 7) is 1.12. The number of esters is 2. The molecular weight excluding hydrogens is 722 g/mol. The first-order valence-electron chi connectivity index (χ1n) is 17.8. The van der Waals surface area contributed by atoms with E-state index in [1.807, 2.05) is 0 Å². The summed E-state index contributed by atoms with van der Waals surface area (Å²) < 4.78 is 39.7. The Morgan fingerprint density at radius 1 is 0.745 bits per heavy atom. The van der Waals surface area contributed by atoms with E-state index in [0.717, 1.165) is 12.1 Å². The summed E-state index contributed by atoms with van der Waals surface area (Å²) >= 11 is 0. The van der Waals surface area contributed by atoms with Gasteiger partial charge in [-0.1, -0.05) is 0 Å². The van der Waals surface area contributed by atoms with Gasteiger partial charge in [0.1, 0.15) is 22.4 Å². The molecule has 2 fully saturated rings. The van der Waals surface area contributed by atoms with Gasteiger partial charge in [-0.3, -0.25) is 30.2 Å². The van der Waals surface area contributed by atoms with E-state index in [9.17, 15) is 19.2 Å². The first-order chi connectivity index (χ1) is 26.5. The summed E-state index contributed by atoms with van der Waals surface area (Å²) in [5, 5.41) is -0.391. The van der Waals surface area contributed by atoms with Gasteiger partial charge in [-0.25, -0.2) is 28.3 Å². The number of carbonyl (C=O) groups is 2. The number of hydrogen-bond acceptors (Lipinski definition) is 15. The molecule has 2 aliphatic carbocycles. The van der Waals surface area contributed by atoms with Crippen molar-refractivity contribution < 1.29 is 32.8 Å². The maximum absolute atomic E-state index is 15.7.